The summed E-state index contributed by atoms with van der Waals surface area (Å²) in [5.74, 6) is 0.761. The van der Waals surface area contributed by atoms with E-state index in [1.165, 1.54) is 0 Å². The minimum Gasteiger partial charge on any atom is -0.381 e. The molecular formula is C21H25N5O2. The molecule has 2 bridgehead atoms. The van der Waals surface area contributed by atoms with Gasteiger partial charge in [-0.05, 0) is 50.5 Å². The Morgan fingerprint density at radius 1 is 1.18 bits per heavy atom. The van der Waals surface area contributed by atoms with Crippen molar-refractivity contribution in [3.8, 4) is 11.3 Å². The average Bonchev–Trinajstić information content (AvgIpc) is 3.13. The van der Waals surface area contributed by atoms with Crippen LogP contribution in [0.3, 0.4) is 0 Å². The van der Waals surface area contributed by atoms with Gasteiger partial charge in [0.05, 0.1) is 17.4 Å². The van der Waals surface area contributed by atoms with Crippen molar-refractivity contribution in [3.05, 3.63) is 36.2 Å². The van der Waals surface area contributed by atoms with Crippen LogP contribution in [0.25, 0.3) is 11.3 Å². The van der Waals surface area contributed by atoms with Crippen molar-refractivity contribution in [1.29, 1.82) is 0 Å². The van der Waals surface area contributed by atoms with Crippen molar-refractivity contribution in [2.24, 2.45) is 0 Å². The number of nitrogens with one attached hydrogen (secondary N) is 1. The van der Waals surface area contributed by atoms with E-state index in [0.29, 0.717) is 13.2 Å². The smallest absolute Gasteiger partial charge is 0.323 e. The van der Waals surface area contributed by atoms with Gasteiger partial charge in [0.2, 0.25) is 0 Å². The summed E-state index contributed by atoms with van der Waals surface area (Å²) in [6.45, 7) is 5.23. The van der Waals surface area contributed by atoms with Crippen molar-refractivity contribution < 1.29 is 9.53 Å². The standard InChI is InChI=1S/C21H25N5O2/c1-14-2-3-15(12-22-14)18-4-5-19-20(24-18)26(17-6-9-25(19)13-17)21(27)23-16-7-10-28-11-8-16/h2-5,12,16-17H,6-11,13H2,1H3,(H,23,27)/t17-/m0/s1. The molecule has 28 heavy (non-hydrogen) atoms. The largest absolute Gasteiger partial charge is 0.381 e. The number of rotatable bonds is 2. The Balaban J connectivity index is 1.48. The number of fused-ring (bicyclic) bond motifs is 4. The van der Waals surface area contributed by atoms with Gasteiger partial charge in [-0.15, -0.1) is 0 Å². The monoisotopic (exact) mass is 379 g/mol. The number of hydrogen-bond acceptors (Lipinski definition) is 5. The number of aromatic nitrogens is 2. The van der Waals surface area contributed by atoms with Crippen molar-refractivity contribution in [1.82, 2.24) is 15.3 Å². The van der Waals surface area contributed by atoms with Crippen LogP contribution in [-0.4, -0.2) is 54.4 Å². The SMILES string of the molecule is Cc1ccc(-c2ccc3c(n2)N(C(=O)NC2CCOCC2)[C@H]2CCN3C2)cn1. The Morgan fingerprint density at radius 2 is 2.04 bits per heavy atom. The maximum absolute atomic E-state index is 13.2. The zero-order valence-electron chi connectivity index (χ0n) is 16.1. The summed E-state index contributed by atoms with van der Waals surface area (Å²) in [6, 6.07) is 8.44. The fourth-order valence-corrected chi connectivity index (χ4v) is 4.34. The van der Waals surface area contributed by atoms with Gasteiger partial charge in [0.25, 0.3) is 0 Å². The highest BCUT2D eigenvalue weighted by molar-refractivity contribution is 5.97. The second kappa shape index (κ2) is 7.05. The third-order valence-corrected chi connectivity index (χ3v) is 5.93. The molecule has 0 aromatic carbocycles. The molecule has 3 aliphatic rings. The molecule has 2 amide bonds. The Morgan fingerprint density at radius 3 is 2.82 bits per heavy atom. The van der Waals surface area contributed by atoms with Crippen LogP contribution in [0.4, 0.5) is 16.3 Å². The summed E-state index contributed by atoms with van der Waals surface area (Å²) in [7, 11) is 0. The third-order valence-electron chi connectivity index (χ3n) is 5.93. The summed E-state index contributed by atoms with van der Waals surface area (Å²) in [4.78, 5) is 26.7. The molecular weight excluding hydrogens is 354 g/mol. The molecule has 1 N–H and O–H groups in total. The summed E-state index contributed by atoms with van der Waals surface area (Å²) < 4.78 is 5.42. The lowest BCUT2D eigenvalue weighted by atomic mass is 10.1. The lowest BCUT2D eigenvalue weighted by Gasteiger charge is -2.37. The molecule has 0 aliphatic carbocycles. The highest BCUT2D eigenvalue weighted by atomic mass is 16.5. The topological polar surface area (TPSA) is 70.6 Å². The lowest BCUT2D eigenvalue weighted by Crippen LogP contribution is -2.53. The zero-order valence-corrected chi connectivity index (χ0v) is 16.1. The fourth-order valence-electron chi connectivity index (χ4n) is 4.34. The molecule has 2 aromatic rings. The first kappa shape index (κ1) is 17.4. The molecule has 7 nitrogen and oxygen atoms in total. The highest BCUT2D eigenvalue weighted by Gasteiger charge is 2.40. The predicted octanol–water partition coefficient (Wildman–Crippen LogP) is 2.74. The van der Waals surface area contributed by atoms with Gasteiger partial charge in [-0.2, -0.15) is 0 Å². The number of nitrogens with zero attached hydrogens (tertiary/aromatic N) is 4. The predicted molar refractivity (Wildman–Crippen MR) is 108 cm³/mol. The number of pyridine rings is 2. The van der Waals surface area contributed by atoms with Crippen LogP contribution in [0.1, 0.15) is 25.0 Å². The molecule has 0 saturated carbocycles. The molecule has 2 saturated heterocycles. The normalized spacial score (nSPS) is 21.5. The van der Waals surface area contributed by atoms with Crippen LogP contribution < -0.4 is 15.1 Å². The zero-order chi connectivity index (χ0) is 19.1. The molecule has 2 fully saturated rings. The van der Waals surface area contributed by atoms with Crippen LogP contribution in [0, 0.1) is 6.92 Å². The first-order chi connectivity index (χ1) is 13.7. The molecule has 7 heteroatoms. The van der Waals surface area contributed by atoms with Crippen LogP contribution in [-0.2, 0) is 4.74 Å². The van der Waals surface area contributed by atoms with Crippen LogP contribution >= 0.6 is 0 Å². The highest BCUT2D eigenvalue weighted by Crippen LogP contribution is 2.40. The molecule has 0 unspecified atom stereocenters. The van der Waals surface area contributed by atoms with E-state index in [4.69, 9.17) is 9.72 Å². The lowest BCUT2D eigenvalue weighted by molar-refractivity contribution is 0.0803. The number of aryl methyl sites for hydroxylation is 1. The van der Waals surface area contributed by atoms with E-state index >= 15 is 0 Å². The Kier molecular flexibility index (Phi) is 4.39. The molecule has 3 aliphatic heterocycles. The average molecular weight is 379 g/mol. The molecule has 0 spiro atoms. The minimum absolute atomic E-state index is 0.0358. The number of carbonyl (C=O) groups is 1. The molecule has 1 atom stereocenters. The van der Waals surface area contributed by atoms with Crippen molar-refractivity contribution in [2.75, 3.05) is 36.1 Å². The van der Waals surface area contributed by atoms with Gasteiger partial charge in [-0.1, -0.05) is 0 Å². The van der Waals surface area contributed by atoms with E-state index in [1.807, 2.05) is 36.2 Å². The van der Waals surface area contributed by atoms with Crippen molar-refractivity contribution in [2.45, 2.75) is 38.3 Å². The fraction of sp³-hybridized carbons (Fsp3) is 0.476. The van der Waals surface area contributed by atoms with Gasteiger partial charge in [0, 0.05) is 49.8 Å². The van der Waals surface area contributed by atoms with Crippen LogP contribution in [0.2, 0.25) is 0 Å². The van der Waals surface area contributed by atoms with Crippen LogP contribution in [0.15, 0.2) is 30.5 Å². The maximum atomic E-state index is 13.2. The number of amides is 2. The molecule has 2 aromatic heterocycles. The summed E-state index contributed by atoms with van der Waals surface area (Å²) in [5, 5.41) is 3.22. The van der Waals surface area contributed by atoms with E-state index in [9.17, 15) is 4.79 Å². The first-order valence-corrected chi connectivity index (χ1v) is 10.1. The quantitative estimate of drug-likeness (QED) is 0.869. The second-order valence-corrected chi connectivity index (χ2v) is 7.82. The van der Waals surface area contributed by atoms with Crippen molar-refractivity contribution in [3.63, 3.8) is 0 Å². The Labute approximate surface area is 164 Å². The van der Waals surface area contributed by atoms with Gasteiger partial charge in [0.15, 0.2) is 5.82 Å². The van der Waals surface area contributed by atoms with Gasteiger partial charge < -0.3 is 15.0 Å². The molecule has 5 rings (SSSR count). The van der Waals surface area contributed by atoms with Gasteiger partial charge in [0.1, 0.15) is 0 Å². The number of hydrogen-bond donors (Lipinski definition) is 1. The van der Waals surface area contributed by atoms with Crippen molar-refractivity contribution >= 4 is 17.5 Å². The van der Waals surface area contributed by atoms with E-state index in [1.54, 1.807) is 0 Å². The number of urea groups is 1. The summed E-state index contributed by atoms with van der Waals surface area (Å²) in [5.41, 5.74) is 3.83. The number of anilines is 2. The summed E-state index contributed by atoms with van der Waals surface area (Å²) >= 11 is 0. The second-order valence-electron chi connectivity index (χ2n) is 7.82. The Bertz CT molecular complexity index is 879. The van der Waals surface area contributed by atoms with Gasteiger partial charge in [-0.25, -0.2) is 9.78 Å². The van der Waals surface area contributed by atoms with E-state index in [0.717, 1.165) is 60.8 Å². The maximum Gasteiger partial charge on any atom is 0.323 e. The Hall–Kier alpha value is -2.67. The summed E-state index contributed by atoms with van der Waals surface area (Å²) in [6.07, 6.45) is 4.55. The number of carbonyl (C=O) groups excluding carboxylic acids is 1. The first-order valence-electron chi connectivity index (χ1n) is 10.1. The van der Waals surface area contributed by atoms with Gasteiger partial charge in [-0.3, -0.25) is 9.88 Å². The van der Waals surface area contributed by atoms with Gasteiger partial charge >= 0.3 is 6.03 Å². The van der Waals surface area contributed by atoms with Crippen LogP contribution in [0.5, 0.6) is 0 Å². The van der Waals surface area contributed by atoms with E-state index in [-0.39, 0.29) is 18.1 Å². The van der Waals surface area contributed by atoms with E-state index < -0.39 is 0 Å². The minimum atomic E-state index is -0.0358. The van der Waals surface area contributed by atoms with E-state index in [2.05, 4.69) is 21.3 Å². The molecule has 146 valence electrons. The molecule has 0 radical (unpaired) electrons. The molecule has 5 heterocycles. The number of ether oxygens (including phenoxy) is 1. The third kappa shape index (κ3) is 3.09.